The lowest BCUT2D eigenvalue weighted by Crippen LogP contribution is -2.51. The maximum atomic E-state index is 12.2. The van der Waals surface area contributed by atoms with Crippen molar-refractivity contribution in [2.45, 2.75) is 44.0 Å². The molecule has 1 heterocycles. The Hall–Kier alpha value is -2.57. The van der Waals surface area contributed by atoms with Gasteiger partial charge in [-0.15, -0.1) is 11.8 Å². The van der Waals surface area contributed by atoms with Crippen LogP contribution < -0.4 is 10.4 Å². The maximum Gasteiger partial charge on any atom is 0.414 e. The Morgan fingerprint density at radius 1 is 1.39 bits per heavy atom. The fourth-order valence-corrected chi connectivity index (χ4v) is 3.85. The summed E-state index contributed by atoms with van der Waals surface area (Å²) in [5.41, 5.74) is 3.08. The molecule has 2 atom stereocenters. The Labute approximate surface area is 164 Å². The van der Waals surface area contributed by atoms with Crippen molar-refractivity contribution in [2.24, 2.45) is 0 Å². The molecule has 152 valence electrons. The third kappa shape index (κ3) is 4.64. The van der Waals surface area contributed by atoms with Gasteiger partial charge in [-0.2, -0.15) is 0 Å². The van der Waals surface area contributed by atoms with E-state index in [1.165, 1.54) is 17.3 Å². The van der Waals surface area contributed by atoms with Crippen LogP contribution in [-0.4, -0.2) is 49.3 Å². The lowest BCUT2D eigenvalue weighted by atomic mass is 10.0. The number of ether oxygens (including phenoxy) is 1. The van der Waals surface area contributed by atoms with E-state index < -0.39 is 32.7 Å². The highest BCUT2D eigenvalue weighted by Gasteiger charge is 2.48. The van der Waals surface area contributed by atoms with Crippen molar-refractivity contribution in [1.29, 1.82) is 0 Å². The van der Waals surface area contributed by atoms with E-state index in [1.54, 1.807) is 19.1 Å². The first-order valence-electron chi connectivity index (χ1n) is 8.73. The molecule has 0 spiro atoms. The predicted molar refractivity (Wildman–Crippen MR) is 104 cm³/mol. The number of amides is 2. The average molecular weight is 408 g/mol. The fraction of sp³-hybridized carbons (Fsp3) is 0.474. The van der Waals surface area contributed by atoms with Gasteiger partial charge >= 0.3 is 6.09 Å². The van der Waals surface area contributed by atoms with E-state index in [-0.39, 0.29) is 13.0 Å². The Morgan fingerprint density at radius 2 is 2.04 bits per heavy atom. The first-order chi connectivity index (χ1) is 13.1. The molecule has 2 rings (SSSR count). The summed E-state index contributed by atoms with van der Waals surface area (Å²) >= 11 is 0. The van der Waals surface area contributed by atoms with Gasteiger partial charge in [-0.05, 0) is 38.0 Å². The number of anilines is 1. The minimum atomic E-state index is -3.87. The second kappa shape index (κ2) is 8.63. The van der Waals surface area contributed by atoms with Crippen molar-refractivity contribution in [1.82, 2.24) is 5.48 Å². The number of aryl methyl sites for hydroxylation is 1. The highest BCUT2D eigenvalue weighted by molar-refractivity contribution is 7.92. The molecule has 0 aromatic heterocycles. The van der Waals surface area contributed by atoms with E-state index in [2.05, 4.69) is 11.8 Å². The van der Waals surface area contributed by atoms with Crippen LogP contribution in [0.15, 0.2) is 24.3 Å². The molecule has 2 N–H and O–H groups in total. The SMILES string of the molecule is CC#CCCc1ccc(N2CC(CC(C)(C(=O)NO)S(C)(=O)=O)OC2=O)cc1. The molecule has 1 aliphatic heterocycles. The van der Waals surface area contributed by atoms with Gasteiger partial charge in [-0.1, -0.05) is 12.1 Å². The third-order valence-corrected chi connectivity index (χ3v) is 6.84. The zero-order valence-electron chi connectivity index (χ0n) is 16.1. The number of carbonyl (C=O) groups excluding carboxylic acids is 2. The van der Waals surface area contributed by atoms with Crippen molar-refractivity contribution >= 4 is 27.5 Å². The van der Waals surface area contributed by atoms with Gasteiger partial charge in [0, 0.05) is 24.8 Å². The molecule has 8 nitrogen and oxygen atoms in total. The molecular weight excluding hydrogens is 384 g/mol. The Morgan fingerprint density at radius 3 is 2.57 bits per heavy atom. The Balaban J connectivity index is 2.12. The molecule has 28 heavy (non-hydrogen) atoms. The van der Waals surface area contributed by atoms with E-state index in [4.69, 9.17) is 9.94 Å². The molecule has 2 unspecified atom stereocenters. The van der Waals surface area contributed by atoms with Gasteiger partial charge in [0.15, 0.2) is 14.6 Å². The first kappa shape index (κ1) is 21.7. The van der Waals surface area contributed by atoms with Gasteiger partial charge in [0.2, 0.25) is 0 Å². The van der Waals surface area contributed by atoms with Crippen LogP contribution in [0.3, 0.4) is 0 Å². The molecule has 1 aromatic rings. The second-order valence-electron chi connectivity index (χ2n) is 6.86. The summed E-state index contributed by atoms with van der Waals surface area (Å²) < 4.78 is 27.5. The Bertz CT molecular complexity index is 901. The monoisotopic (exact) mass is 408 g/mol. The van der Waals surface area contributed by atoms with Crippen LogP contribution in [0.1, 0.15) is 32.3 Å². The molecule has 0 radical (unpaired) electrons. The number of hydrogen-bond acceptors (Lipinski definition) is 6. The zero-order chi connectivity index (χ0) is 20.9. The van der Waals surface area contributed by atoms with Crippen LogP contribution in [0.5, 0.6) is 0 Å². The molecule has 1 aromatic carbocycles. The van der Waals surface area contributed by atoms with E-state index >= 15 is 0 Å². The molecular formula is C19H24N2O6S. The smallest absolute Gasteiger partial charge is 0.414 e. The summed E-state index contributed by atoms with van der Waals surface area (Å²) in [7, 11) is -3.87. The quantitative estimate of drug-likeness (QED) is 0.403. The molecule has 1 saturated heterocycles. The van der Waals surface area contributed by atoms with Crippen LogP contribution in [0.25, 0.3) is 0 Å². The Kier molecular flexibility index (Phi) is 6.69. The number of benzene rings is 1. The number of hydrogen-bond donors (Lipinski definition) is 2. The van der Waals surface area contributed by atoms with E-state index in [0.29, 0.717) is 5.69 Å². The highest BCUT2D eigenvalue weighted by Crippen LogP contribution is 2.30. The van der Waals surface area contributed by atoms with Crippen LogP contribution >= 0.6 is 0 Å². The number of cyclic esters (lactones) is 1. The van der Waals surface area contributed by atoms with Crippen molar-refractivity contribution in [3.05, 3.63) is 29.8 Å². The first-order valence-corrected chi connectivity index (χ1v) is 10.6. The molecule has 2 amide bonds. The summed E-state index contributed by atoms with van der Waals surface area (Å²) in [5, 5.41) is 8.90. The number of nitrogens with one attached hydrogen (secondary N) is 1. The summed E-state index contributed by atoms with van der Waals surface area (Å²) in [6.45, 7) is 3.08. The van der Waals surface area contributed by atoms with Crippen LogP contribution in [0, 0.1) is 11.8 Å². The van der Waals surface area contributed by atoms with Crippen molar-refractivity contribution < 1.29 is 28.0 Å². The van der Waals surface area contributed by atoms with Crippen molar-refractivity contribution in [3.8, 4) is 11.8 Å². The lowest BCUT2D eigenvalue weighted by molar-refractivity contribution is -0.132. The molecule has 1 fully saturated rings. The number of hydroxylamine groups is 1. The van der Waals surface area contributed by atoms with Crippen LogP contribution in [0.4, 0.5) is 10.5 Å². The van der Waals surface area contributed by atoms with Crippen LogP contribution in [-0.2, 0) is 25.8 Å². The van der Waals surface area contributed by atoms with E-state index in [1.807, 2.05) is 12.1 Å². The van der Waals surface area contributed by atoms with Gasteiger partial charge in [0.25, 0.3) is 5.91 Å². The topological polar surface area (TPSA) is 113 Å². The predicted octanol–water partition coefficient (Wildman–Crippen LogP) is 1.67. The number of carbonyl (C=O) groups is 2. The summed E-state index contributed by atoms with van der Waals surface area (Å²) in [4.78, 5) is 25.6. The maximum absolute atomic E-state index is 12.2. The summed E-state index contributed by atoms with van der Waals surface area (Å²) in [6.07, 6.45) is 0.753. The van der Waals surface area contributed by atoms with Gasteiger partial charge in [-0.25, -0.2) is 18.7 Å². The summed E-state index contributed by atoms with van der Waals surface area (Å²) in [5.74, 6) is 4.77. The van der Waals surface area contributed by atoms with E-state index in [0.717, 1.165) is 24.7 Å². The van der Waals surface area contributed by atoms with Gasteiger partial charge in [-0.3, -0.25) is 14.9 Å². The standard InChI is InChI=1S/C19H24N2O6S/c1-4-5-6-7-14-8-10-15(11-9-14)21-13-16(27-18(21)23)12-19(2,17(22)20-24)28(3,25)26/h8-11,16,24H,6-7,12-13H2,1-3H3,(H,20,22). The van der Waals surface area contributed by atoms with Gasteiger partial charge < -0.3 is 4.74 Å². The highest BCUT2D eigenvalue weighted by atomic mass is 32.2. The van der Waals surface area contributed by atoms with Gasteiger partial charge in [0.05, 0.1) is 6.54 Å². The molecule has 1 aliphatic rings. The number of rotatable bonds is 7. The lowest BCUT2D eigenvalue weighted by Gasteiger charge is -2.26. The average Bonchev–Trinajstić information content (AvgIpc) is 3.00. The van der Waals surface area contributed by atoms with Crippen molar-refractivity contribution in [3.63, 3.8) is 0 Å². The van der Waals surface area contributed by atoms with Gasteiger partial charge in [0.1, 0.15) is 6.10 Å². The number of nitrogens with zero attached hydrogens (tertiary/aromatic N) is 1. The normalized spacial score (nSPS) is 18.6. The molecule has 0 aliphatic carbocycles. The van der Waals surface area contributed by atoms with Crippen LogP contribution in [0.2, 0.25) is 0 Å². The molecule has 9 heteroatoms. The second-order valence-corrected chi connectivity index (χ2v) is 9.30. The fourth-order valence-electron chi connectivity index (χ4n) is 2.98. The molecule has 0 saturated carbocycles. The van der Waals surface area contributed by atoms with E-state index in [9.17, 15) is 18.0 Å². The number of sulfone groups is 1. The summed E-state index contributed by atoms with van der Waals surface area (Å²) in [6, 6.07) is 7.36. The molecule has 0 bridgehead atoms. The largest absolute Gasteiger partial charge is 0.444 e. The van der Waals surface area contributed by atoms with Crippen molar-refractivity contribution in [2.75, 3.05) is 17.7 Å². The third-order valence-electron chi connectivity index (χ3n) is 4.85. The minimum absolute atomic E-state index is 0.101. The zero-order valence-corrected chi connectivity index (χ0v) is 16.9. The minimum Gasteiger partial charge on any atom is -0.444 e.